The number of benzene rings is 3. The average molecular weight is 525 g/mol. The first-order chi connectivity index (χ1) is 18.7. The Kier molecular flexibility index (Phi) is 6.68. The zero-order valence-electron chi connectivity index (χ0n) is 22.7. The zero-order valence-corrected chi connectivity index (χ0v) is 22.7. The predicted octanol–water partition coefficient (Wildman–Crippen LogP) is 6.10. The topological polar surface area (TPSA) is 91.9 Å². The predicted molar refractivity (Wildman–Crippen MR) is 151 cm³/mol. The number of likely N-dealkylation sites (tertiary alicyclic amines) is 1. The molecule has 0 spiro atoms. The molecular weight excluding hydrogens is 492 g/mol. The van der Waals surface area contributed by atoms with Crippen LogP contribution in [0.4, 0.5) is 0 Å². The first-order valence-electron chi connectivity index (χ1n) is 12.8. The van der Waals surface area contributed by atoms with Gasteiger partial charge >= 0.3 is 0 Å². The molecule has 0 radical (unpaired) electrons. The van der Waals surface area contributed by atoms with Crippen LogP contribution in [0.1, 0.15) is 49.1 Å². The highest BCUT2D eigenvalue weighted by Gasteiger charge is 2.47. The molecule has 7 nitrogen and oxygen atoms in total. The van der Waals surface area contributed by atoms with Gasteiger partial charge in [-0.05, 0) is 35.2 Å². The normalized spacial score (nSPS) is 17.2. The Balaban J connectivity index is 1.75. The zero-order chi connectivity index (χ0) is 27.9. The van der Waals surface area contributed by atoms with Crippen LogP contribution < -0.4 is 9.47 Å². The van der Waals surface area contributed by atoms with E-state index in [4.69, 9.17) is 9.47 Å². The number of hydrogen-bond donors (Lipinski definition) is 2. The van der Waals surface area contributed by atoms with E-state index in [-0.39, 0.29) is 23.3 Å². The van der Waals surface area contributed by atoms with E-state index in [1.165, 1.54) is 12.0 Å². The van der Waals surface area contributed by atoms with Gasteiger partial charge in [-0.15, -0.1) is 0 Å². The Morgan fingerprint density at radius 3 is 2.36 bits per heavy atom. The number of ketones is 1. The highest BCUT2D eigenvalue weighted by atomic mass is 16.5. The van der Waals surface area contributed by atoms with Gasteiger partial charge in [0.1, 0.15) is 17.3 Å². The van der Waals surface area contributed by atoms with E-state index in [1.54, 1.807) is 19.4 Å². The maximum Gasteiger partial charge on any atom is 0.295 e. The summed E-state index contributed by atoms with van der Waals surface area (Å²) in [5.41, 5.74) is 3.45. The van der Waals surface area contributed by atoms with Crippen LogP contribution in [0, 0.1) is 0 Å². The highest BCUT2D eigenvalue weighted by molar-refractivity contribution is 6.46. The second-order valence-electron chi connectivity index (χ2n) is 10.7. The fourth-order valence-corrected chi connectivity index (χ4v) is 5.21. The first kappa shape index (κ1) is 26.1. The molecule has 7 heteroatoms. The second kappa shape index (κ2) is 9.98. The number of methoxy groups -OCH3 is 2. The quantitative estimate of drug-likeness (QED) is 0.181. The summed E-state index contributed by atoms with van der Waals surface area (Å²) in [5.74, 6) is -0.690. The van der Waals surface area contributed by atoms with Crippen LogP contribution in [0.25, 0.3) is 16.7 Å². The van der Waals surface area contributed by atoms with E-state index < -0.39 is 17.7 Å². The van der Waals surface area contributed by atoms with Crippen molar-refractivity contribution in [2.24, 2.45) is 0 Å². The molecule has 0 saturated carbocycles. The third-order valence-corrected chi connectivity index (χ3v) is 7.31. The van der Waals surface area contributed by atoms with Gasteiger partial charge in [0, 0.05) is 28.2 Å². The third-order valence-electron chi connectivity index (χ3n) is 7.31. The number of ether oxygens (including phenoxy) is 2. The van der Waals surface area contributed by atoms with Crippen molar-refractivity contribution in [1.29, 1.82) is 0 Å². The number of nitrogens with one attached hydrogen (secondary N) is 1. The van der Waals surface area contributed by atoms with Crippen LogP contribution in [-0.4, -0.2) is 40.9 Å². The van der Waals surface area contributed by atoms with Crippen LogP contribution in [0.15, 0.2) is 78.5 Å². The van der Waals surface area contributed by atoms with Crippen molar-refractivity contribution in [2.75, 3.05) is 14.2 Å². The van der Waals surface area contributed by atoms with Gasteiger partial charge in [0.25, 0.3) is 11.7 Å². The van der Waals surface area contributed by atoms with Crippen molar-refractivity contribution < 1.29 is 24.2 Å². The van der Waals surface area contributed by atoms with Gasteiger partial charge in [0.2, 0.25) is 0 Å². The fraction of sp³-hybridized carbons (Fsp3) is 0.250. The summed E-state index contributed by atoms with van der Waals surface area (Å²) in [6.45, 7) is 6.32. The lowest BCUT2D eigenvalue weighted by Gasteiger charge is -2.26. The number of aromatic amines is 1. The lowest BCUT2D eigenvalue weighted by Crippen LogP contribution is -2.29. The molecule has 1 aromatic heterocycles. The standard InChI is InChI=1S/C32H32N2O5/c1-32(2,3)20-14-15-26(39-5)22(16-20)29(35)27-28(23-17-33-24-12-8-7-11-21(23)24)34(31(37)30(27)36)18-19-10-6-9-13-25(19)38-4/h6-17,28,33,35H,18H2,1-5H3/b29-27+. The van der Waals surface area contributed by atoms with E-state index in [0.717, 1.165) is 22.0 Å². The molecule has 1 fully saturated rings. The molecule has 200 valence electrons. The molecule has 1 atom stereocenters. The number of H-pyrrole nitrogens is 1. The Labute approximate surface area is 227 Å². The molecule has 2 N–H and O–H groups in total. The van der Waals surface area contributed by atoms with Crippen molar-refractivity contribution in [3.8, 4) is 11.5 Å². The number of aromatic nitrogens is 1. The summed E-state index contributed by atoms with van der Waals surface area (Å²) in [7, 11) is 3.08. The number of aliphatic hydroxyl groups excluding tert-OH is 1. The number of nitrogens with zero attached hydrogens (tertiary/aromatic N) is 1. The number of para-hydroxylation sites is 2. The van der Waals surface area contributed by atoms with Crippen LogP contribution in [0.3, 0.4) is 0 Å². The lowest BCUT2D eigenvalue weighted by molar-refractivity contribution is -0.140. The largest absolute Gasteiger partial charge is 0.507 e. The van der Waals surface area contributed by atoms with Crippen molar-refractivity contribution in [1.82, 2.24) is 9.88 Å². The van der Waals surface area contributed by atoms with Gasteiger partial charge in [-0.1, -0.05) is 63.2 Å². The molecule has 2 heterocycles. The van der Waals surface area contributed by atoms with Crippen molar-refractivity contribution in [3.63, 3.8) is 0 Å². The number of aliphatic hydroxyl groups is 1. The minimum atomic E-state index is -0.839. The summed E-state index contributed by atoms with van der Waals surface area (Å²) in [5, 5.41) is 12.7. The van der Waals surface area contributed by atoms with Gasteiger partial charge in [0.15, 0.2) is 0 Å². The molecule has 1 aliphatic heterocycles. The van der Waals surface area contributed by atoms with Crippen LogP contribution in [0.2, 0.25) is 0 Å². The Bertz CT molecular complexity index is 1610. The molecule has 1 amide bonds. The lowest BCUT2D eigenvalue weighted by atomic mass is 9.85. The second-order valence-corrected chi connectivity index (χ2v) is 10.7. The highest BCUT2D eigenvalue weighted by Crippen LogP contribution is 2.44. The first-order valence-corrected chi connectivity index (χ1v) is 12.8. The molecule has 39 heavy (non-hydrogen) atoms. The fourth-order valence-electron chi connectivity index (χ4n) is 5.21. The number of carbonyl (C=O) groups is 2. The number of Topliss-reactive ketones (excluding diaryl/α,β-unsaturated/α-hetero) is 1. The monoisotopic (exact) mass is 524 g/mol. The molecule has 5 rings (SSSR count). The molecule has 1 unspecified atom stereocenters. The van der Waals surface area contributed by atoms with Crippen molar-refractivity contribution in [3.05, 3.63) is 101 Å². The van der Waals surface area contributed by atoms with Crippen molar-refractivity contribution in [2.45, 2.75) is 38.8 Å². The number of amides is 1. The Morgan fingerprint density at radius 1 is 0.949 bits per heavy atom. The van der Waals surface area contributed by atoms with E-state index >= 15 is 0 Å². The van der Waals surface area contributed by atoms with Gasteiger partial charge in [-0.25, -0.2) is 0 Å². The van der Waals surface area contributed by atoms with Crippen LogP contribution >= 0.6 is 0 Å². The smallest absolute Gasteiger partial charge is 0.295 e. The maximum atomic E-state index is 13.7. The summed E-state index contributed by atoms with van der Waals surface area (Å²) in [4.78, 5) is 32.1. The minimum absolute atomic E-state index is 0.0176. The number of hydrogen-bond acceptors (Lipinski definition) is 5. The Morgan fingerprint density at radius 2 is 1.64 bits per heavy atom. The summed E-state index contributed by atoms with van der Waals surface area (Å²) >= 11 is 0. The maximum absolute atomic E-state index is 13.7. The molecule has 0 aliphatic carbocycles. The molecule has 0 bridgehead atoms. The summed E-state index contributed by atoms with van der Waals surface area (Å²) < 4.78 is 11.1. The molecule has 1 saturated heterocycles. The summed E-state index contributed by atoms with van der Waals surface area (Å²) in [6, 6.07) is 19.8. The summed E-state index contributed by atoms with van der Waals surface area (Å²) in [6.07, 6.45) is 1.80. The van der Waals surface area contributed by atoms with E-state index in [2.05, 4.69) is 25.8 Å². The van der Waals surface area contributed by atoms with E-state index in [0.29, 0.717) is 22.6 Å². The minimum Gasteiger partial charge on any atom is -0.507 e. The van der Waals surface area contributed by atoms with Crippen LogP contribution in [-0.2, 0) is 21.5 Å². The third kappa shape index (κ3) is 4.54. The molecule has 3 aromatic carbocycles. The Hall–Kier alpha value is -4.52. The number of rotatable bonds is 6. The average Bonchev–Trinajstić information content (AvgIpc) is 3.46. The van der Waals surface area contributed by atoms with E-state index in [1.807, 2.05) is 60.7 Å². The van der Waals surface area contributed by atoms with Gasteiger partial charge in [-0.2, -0.15) is 0 Å². The van der Waals surface area contributed by atoms with Gasteiger partial charge < -0.3 is 24.5 Å². The SMILES string of the molecule is COc1ccccc1CN1C(=O)C(=O)/C(=C(/O)c2cc(C(C)(C)C)ccc2OC)C1c1c[nH]c2ccccc12. The van der Waals surface area contributed by atoms with Gasteiger partial charge in [0.05, 0.1) is 37.9 Å². The van der Waals surface area contributed by atoms with E-state index in [9.17, 15) is 14.7 Å². The number of fused-ring (bicyclic) bond motifs is 1. The van der Waals surface area contributed by atoms with Crippen LogP contribution in [0.5, 0.6) is 11.5 Å². The van der Waals surface area contributed by atoms with Crippen molar-refractivity contribution >= 4 is 28.4 Å². The van der Waals surface area contributed by atoms with Gasteiger partial charge in [-0.3, -0.25) is 9.59 Å². The molecule has 4 aromatic rings. The number of carbonyl (C=O) groups excluding carboxylic acids is 2. The molecule has 1 aliphatic rings. The molecular formula is C32H32N2O5.